The van der Waals surface area contributed by atoms with Crippen molar-refractivity contribution in [1.29, 1.82) is 0 Å². The van der Waals surface area contributed by atoms with Crippen LogP contribution >= 0.6 is 0 Å². The van der Waals surface area contributed by atoms with Crippen molar-refractivity contribution >= 4 is 0 Å². The van der Waals surface area contributed by atoms with Gasteiger partial charge in [-0.25, -0.2) is 4.98 Å². The molecule has 0 aliphatic carbocycles. The molecule has 0 spiro atoms. The van der Waals surface area contributed by atoms with E-state index >= 15 is 0 Å². The first-order valence-electron chi connectivity index (χ1n) is 4.12. The molecule has 3 nitrogen and oxygen atoms in total. The van der Waals surface area contributed by atoms with E-state index in [9.17, 15) is 0 Å². The molecule has 1 aromatic rings. The zero-order valence-corrected chi connectivity index (χ0v) is 7.34. The molecule has 1 rings (SSSR count). The minimum Gasteiger partial charge on any atom is -0.444 e. The summed E-state index contributed by atoms with van der Waals surface area (Å²) < 4.78 is 5.37. The largest absolute Gasteiger partial charge is 0.444 e. The van der Waals surface area contributed by atoms with Crippen molar-refractivity contribution < 1.29 is 4.42 Å². The average Bonchev–Trinajstić information content (AvgIpc) is 2.53. The molecule has 0 bridgehead atoms. The quantitative estimate of drug-likeness (QED) is 0.532. The lowest BCUT2D eigenvalue weighted by molar-refractivity contribution is 0.444. The van der Waals surface area contributed by atoms with Gasteiger partial charge in [-0.15, -0.1) is 6.58 Å². The second kappa shape index (κ2) is 4.72. The third-order valence-corrected chi connectivity index (χ3v) is 1.51. The third-order valence-electron chi connectivity index (χ3n) is 1.51. The van der Waals surface area contributed by atoms with Crippen LogP contribution in [0.15, 0.2) is 23.3 Å². The van der Waals surface area contributed by atoms with E-state index in [0.29, 0.717) is 6.54 Å². The molecule has 0 radical (unpaired) electrons. The molecule has 0 atom stereocenters. The van der Waals surface area contributed by atoms with E-state index in [1.165, 1.54) is 0 Å². The predicted octanol–water partition coefficient (Wildman–Crippen LogP) is 1.51. The van der Waals surface area contributed by atoms with Crippen molar-refractivity contribution in [1.82, 2.24) is 10.3 Å². The number of aryl methyl sites for hydroxylation is 1. The molecule has 3 heteroatoms. The first-order chi connectivity index (χ1) is 5.86. The second-order valence-corrected chi connectivity index (χ2v) is 2.49. The van der Waals surface area contributed by atoms with Crippen molar-refractivity contribution in [3.05, 3.63) is 30.5 Å². The van der Waals surface area contributed by atoms with E-state index in [1.54, 1.807) is 6.20 Å². The highest BCUT2D eigenvalue weighted by Crippen LogP contribution is 2.03. The van der Waals surface area contributed by atoms with Gasteiger partial charge in [0.1, 0.15) is 5.76 Å². The Morgan fingerprint density at radius 1 is 1.75 bits per heavy atom. The van der Waals surface area contributed by atoms with Crippen LogP contribution in [0.4, 0.5) is 0 Å². The standard InChI is InChI=1S/C9H14N2O/c1-3-5-10-7-9-11-6-8(4-2)12-9/h3,6,10H,1,4-5,7H2,2H3. The maximum atomic E-state index is 5.37. The van der Waals surface area contributed by atoms with Gasteiger partial charge in [-0.2, -0.15) is 0 Å². The molecule has 1 aromatic heterocycles. The zero-order valence-electron chi connectivity index (χ0n) is 7.34. The van der Waals surface area contributed by atoms with Crippen LogP contribution in [0.3, 0.4) is 0 Å². The number of rotatable bonds is 5. The molecule has 1 heterocycles. The molecule has 0 saturated carbocycles. The van der Waals surface area contributed by atoms with Crippen LogP contribution in [0.25, 0.3) is 0 Å². The average molecular weight is 166 g/mol. The van der Waals surface area contributed by atoms with Crippen molar-refractivity contribution in [3.8, 4) is 0 Å². The first kappa shape index (κ1) is 9.00. The van der Waals surface area contributed by atoms with Crippen molar-refractivity contribution in [2.75, 3.05) is 6.54 Å². The molecule has 0 fully saturated rings. The maximum Gasteiger partial charge on any atom is 0.208 e. The second-order valence-electron chi connectivity index (χ2n) is 2.49. The Bertz CT molecular complexity index is 242. The zero-order chi connectivity index (χ0) is 8.81. The van der Waals surface area contributed by atoms with E-state index in [1.807, 2.05) is 13.0 Å². The van der Waals surface area contributed by atoms with E-state index in [2.05, 4.69) is 16.9 Å². The summed E-state index contributed by atoms with van der Waals surface area (Å²) in [7, 11) is 0. The summed E-state index contributed by atoms with van der Waals surface area (Å²) in [6.45, 7) is 7.10. The molecule has 1 N–H and O–H groups in total. The molecule has 0 saturated heterocycles. The smallest absolute Gasteiger partial charge is 0.208 e. The highest BCUT2D eigenvalue weighted by atomic mass is 16.4. The van der Waals surface area contributed by atoms with Crippen LogP contribution < -0.4 is 5.32 Å². The summed E-state index contributed by atoms with van der Waals surface area (Å²) in [6, 6.07) is 0. The Morgan fingerprint density at radius 2 is 2.58 bits per heavy atom. The Morgan fingerprint density at radius 3 is 3.17 bits per heavy atom. The molecule has 0 unspecified atom stereocenters. The fraction of sp³-hybridized carbons (Fsp3) is 0.444. The van der Waals surface area contributed by atoms with Crippen LogP contribution in [0.2, 0.25) is 0 Å². The lowest BCUT2D eigenvalue weighted by Gasteiger charge is -1.95. The molecule has 0 amide bonds. The van der Waals surface area contributed by atoms with Crippen molar-refractivity contribution in [2.45, 2.75) is 19.9 Å². The van der Waals surface area contributed by atoms with Crippen LogP contribution in [0, 0.1) is 0 Å². The minimum atomic E-state index is 0.673. The molecule has 66 valence electrons. The van der Waals surface area contributed by atoms with Gasteiger partial charge in [0.15, 0.2) is 0 Å². The van der Waals surface area contributed by atoms with E-state index in [4.69, 9.17) is 4.42 Å². The monoisotopic (exact) mass is 166 g/mol. The minimum absolute atomic E-state index is 0.673. The lowest BCUT2D eigenvalue weighted by Crippen LogP contribution is -2.12. The van der Waals surface area contributed by atoms with Gasteiger partial charge in [-0.3, -0.25) is 0 Å². The molecule has 12 heavy (non-hydrogen) atoms. The lowest BCUT2D eigenvalue weighted by atomic mass is 10.4. The number of nitrogens with zero attached hydrogens (tertiary/aromatic N) is 1. The van der Waals surface area contributed by atoms with Crippen molar-refractivity contribution in [2.24, 2.45) is 0 Å². The first-order valence-corrected chi connectivity index (χ1v) is 4.12. The highest BCUT2D eigenvalue weighted by Gasteiger charge is 1.99. The van der Waals surface area contributed by atoms with Crippen LogP contribution in [-0.2, 0) is 13.0 Å². The van der Waals surface area contributed by atoms with Gasteiger partial charge in [-0.1, -0.05) is 13.0 Å². The molecule has 0 aliphatic rings. The SMILES string of the molecule is C=CCNCc1ncc(CC)o1. The van der Waals surface area contributed by atoms with E-state index in [0.717, 1.165) is 24.6 Å². The summed E-state index contributed by atoms with van der Waals surface area (Å²) in [5, 5.41) is 3.11. The van der Waals surface area contributed by atoms with Gasteiger partial charge in [0.25, 0.3) is 0 Å². The number of hydrogen-bond acceptors (Lipinski definition) is 3. The summed E-state index contributed by atoms with van der Waals surface area (Å²) >= 11 is 0. The number of nitrogens with one attached hydrogen (secondary N) is 1. The fourth-order valence-electron chi connectivity index (χ4n) is 0.874. The molecule has 0 aromatic carbocycles. The van der Waals surface area contributed by atoms with Crippen LogP contribution in [-0.4, -0.2) is 11.5 Å². The fourth-order valence-corrected chi connectivity index (χ4v) is 0.874. The molecule has 0 aliphatic heterocycles. The Hall–Kier alpha value is -1.09. The number of hydrogen-bond donors (Lipinski definition) is 1. The summed E-state index contributed by atoms with van der Waals surface area (Å²) in [5.74, 6) is 1.68. The van der Waals surface area contributed by atoms with Gasteiger partial charge < -0.3 is 9.73 Å². The predicted molar refractivity (Wildman–Crippen MR) is 47.8 cm³/mol. The summed E-state index contributed by atoms with van der Waals surface area (Å²) in [6.07, 6.45) is 4.48. The van der Waals surface area contributed by atoms with E-state index < -0.39 is 0 Å². The topological polar surface area (TPSA) is 38.1 Å². The maximum absolute atomic E-state index is 5.37. The Labute approximate surface area is 72.5 Å². The van der Waals surface area contributed by atoms with Gasteiger partial charge in [0, 0.05) is 13.0 Å². The highest BCUT2D eigenvalue weighted by molar-refractivity contribution is 4.93. The third kappa shape index (κ3) is 2.51. The van der Waals surface area contributed by atoms with Crippen LogP contribution in [0.5, 0.6) is 0 Å². The van der Waals surface area contributed by atoms with Crippen molar-refractivity contribution in [3.63, 3.8) is 0 Å². The Balaban J connectivity index is 2.36. The van der Waals surface area contributed by atoms with Gasteiger partial charge in [0.05, 0.1) is 12.7 Å². The van der Waals surface area contributed by atoms with Gasteiger partial charge in [-0.05, 0) is 0 Å². The van der Waals surface area contributed by atoms with Gasteiger partial charge in [0.2, 0.25) is 5.89 Å². The molecular weight excluding hydrogens is 152 g/mol. The number of aromatic nitrogens is 1. The van der Waals surface area contributed by atoms with Crippen LogP contribution in [0.1, 0.15) is 18.6 Å². The summed E-state index contributed by atoms with van der Waals surface area (Å²) in [4.78, 5) is 4.10. The van der Waals surface area contributed by atoms with Gasteiger partial charge >= 0.3 is 0 Å². The number of oxazole rings is 1. The Kier molecular flexibility index (Phi) is 3.54. The van der Waals surface area contributed by atoms with E-state index in [-0.39, 0.29) is 0 Å². The summed E-state index contributed by atoms with van der Waals surface area (Å²) in [5.41, 5.74) is 0. The molecular formula is C9H14N2O. The normalized spacial score (nSPS) is 10.1.